The number of aliphatic carboxylic acids is 1. The van der Waals surface area contributed by atoms with E-state index < -0.39 is 23.6 Å². The van der Waals surface area contributed by atoms with E-state index in [9.17, 15) is 14.4 Å². The van der Waals surface area contributed by atoms with Gasteiger partial charge in [-0.2, -0.15) is 0 Å². The minimum Gasteiger partial charge on any atom is -0.475 e. The number of carboxylic acid groups (broad SMARTS) is 1. The van der Waals surface area contributed by atoms with Gasteiger partial charge in [-0.1, -0.05) is 24.3 Å². The molecule has 1 atom stereocenters. The normalized spacial score (nSPS) is 11.9. The molecule has 0 bridgehead atoms. The second kappa shape index (κ2) is 4.67. The van der Waals surface area contributed by atoms with Crippen molar-refractivity contribution in [3.8, 4) is 0 Å². The summed E-state index contributed by atoms with van der Waals surface area (Å²) in [4.78, 5) is 33.3. The molecule has 0 fully saturated rings. The predicted octanol–water partition coefficient (Wildman–Crippen LogP) is 0.517. The summed E-state index contributed by atoms with van der Waals surface area (Å²) in [7, 11) is 0. The number of carbonyl (C=O) groups is 3. The molecule has 1 rings (SSSR count). The van der Waals surface area contributed by atoms with Gasteiger partial charge >= 0.3 is 5.97 Å². The average Bonchev–Trinajstić information content (AvgIpc) is 2.26. The van der Waals surface area contributed by atoms with Crippen molar-refractivity contribution in [1.29, 1.82) is 0 Å². The van der Waals surface area contributed by atoms with Gasteiger partial charge in [-0.3, -0.25) is 9.59 Å². The van der Waals surface area contributed by atoms with E-state index in [1.807, 2.05) is 0 Å². The van der Waals surface area contributed by atoms with Crippen LogP contribution < -0.4 is 0 Å². The van der Waals surface area contributed by atoms with Crippen LogP contribution in [0.25, 0.3) is 0 Å². The van der Waals surface area contributed by atoms with Crippen LogP contribution in [0.5, 0.6) is 0 Å². The molecule has 84 valence electrons. The molecule has 16 heavy (non-hydrogen) atoms. The van der Waals surface area contributed by atoms with Crippen LogP contribution in [-0.2, 0) is 4.79 Å². The first-order valence-corrected chi connectivity index (χ1v) is 4.54. The molecule has 0 aliphatic rings. The molecule has 0 heterocycles. The van der Waals surface area contributed by atoms with Crippen LogP contribution in [0.1, 0.15) is 27.6 Å². The summed E-state index contributed by atoms with van der Waals surface area (Å²) in [5.74, 6) is -3.47. The highest BCUT2D eigenvalue weighted by molar-refractivity contribution is 6.41. The Balaban J connectivity index is 3.25. The molecule has 0 aliphatic carbocycles. The van der Waals surface area contributed by atoms with Gasteiger partial charge in [-0.25, -0.2) is 4.79 Å². The Morgan fingerprint density at radius 1 is 1.12 bits per heavy atom. The lowest BCUT2D eigenvalue weighted by atomic mass is 9.98. The van der Waals surface area contributed by atoms with Crippen molar-refractivity contribution in [2.75, 3.05) is 0 Å². The van der Waals surface area contributed by atoms with Crippen LogP contribution in [-0.4, -0.2) is 33.9 Å². The lowest BCUT2D eigenvalue weighted by Gasteiger charge is -2.07. The molecule has 0 aliphatic heterocycles. The quantitative estimate of drug-likeness (QED) is 0.572. The lowest BCUT2D eigenvalue weighted by molar-refractivity contribution is -0.131. The topological polar surface area (TPSA) is 91.7 Å². The van der Waals surface area contributed by atoms with Crippen molar-refractivity contribution in [3.63, 3.8) is 0 Å². The third-order valence-corrected chi connectivity index (χ3v) is 2.01. The summed E-state index contributed by atoms with van der Waals surface area (Å²) in [5, 5.41) is 17.7. The average molecular weight is 222 g/mol. The number of hydrogen-bond acceptors (Lipinski definition) is 4. The highest BCUT2D eigenvalue weighted by atomic mass is 16.4. The SMILES string of the molecule is CC(O)C(=O)c1ccccc1C(=O)C(=O)O. The first-order chi connectivity index (χ1) is 7.45. The van der Waals surface area contributed by atoms with Crippen molar-refractivity contribution < 1.29 is 24.6 Å². The van der Waals surface area contributed by atoms with E-state index in [0.717, 1.165) is 0 Å². The zero-order valence-electron chi connectivity index (χ0n) is 8.51. The van der Waals surface area contributed by atoms with Crippen LogP contribution in [0, 0.1) is 0 Å². The summed E-state index contributed by atoms with van der Waals surface area (Å²) in [6, 6.07) is 5.50. The standard InChI is InChI=1S/C11H10O5/c1-6(12)9(13)7-4-2-3-5-8(7)10(14)11(15)16/h2-6,12H,1H3,(H,15,16). The van der Waals surface area contributed by atoms with Crippen LogP contribution in [0.2, 0.25) is 0 Å². The van der Waals surface area contributed by atoms with E-state index in [2.05, 4.69) is 0 Å². The second-order valence-corrected chi connectivity index (χ2v) is 3.22. The number of ketones is 2. The van der Waals surface area contributed by atoms with Gasteiger partial charge in [0.25, 0.3) is 5.78 Å². The third kappa shape index (κ3) is 2.32. The van der Waals surface area contributed by atoms with Gasteiger partial charge in [0.05, 0.1) is 0 Å². The molecule has 5 nitrogen and oxygen atoms in total. The van der Waals surface area contributed by atoms with E-state index in [0.29, 0.717) is 0 Å². The zero-order chi connectivity index (χ0) is 12.3. The largest absolute Gasteiger partial charge is 0.475 e. The molecule has 0 saturated heterocycles. The Labute approximate surface area is 91.3 Å². The summed E-state index contributed by atoms with van der Waals surface area (Å²) in [6.45, 7) is 1.25. The minimum atomic E-state index is -1.63. The van der Waals surface area contributed by atoms with Crippen LogP contribution in [0.3, 0.4) is 0 Å². The molecule has 2 N–H and O–H groups in total. The Morgan fingerprint density at radius 2 is 1.62 bits per heavy atom. The van der Waals surface area contributed by atoms with E-state index in [1.165, 1.54) is 31.2 Å². The highest BCUT2D eigenvalue weighted by Gasteiger charge is 2.23. The number of rotatable bonds is 4. The molecular weight excluding hydrogens is 212 g/mol. The molecule has 1 aromatic rings. The van der Waals surface area contributed by atoms with E-state index >= 15 is 0 Å². The number of carboxylic acids is 1. The smallest absolute Gasteiger partial charge is 0.377 e. The Morgan fingerprint density at radius 3 is 2.06 bits per heavy atom. The van der Waals surface area contributed by atoms with Crippen molar-refractivity contribution in [2.24, 2.45) is 0 Å². The summed E-state index contributed by atoms with van der Waals surface area (Å²) < 4.78 is 0. The van der Waals surface area contributed by atoms with Gasteiger partial charge in [0.2, 0.25) is 0 Å². The van der Waals surface area contributed by atoms with Crippen molar-refractivity contribution >= 4 is 17.5 Å². The van der Waals surface area contributed by atoms with Gasteiger partial charge in [0, 0.05) is 11.1 Å². The molecule has 0 aromatic heterocycles. The molecule has 0 spiro atoms. The fourth-order valence-electron chi connectivity index (χ4n) is 1.24. The van der Waals surface area contributed by atoms with Crippen LogP contribution in [0.4, 0.5) is 0 Å². The number of aliphatic hydroxyl groups excluding tert-OH is 1. The monoisotopic (exact) mass is 222 g/mol. The highest BCUT2D eigenvalue weighted by Crippen LogP contribution is 2.12. The van der Waals surface area contributed by atoms with E-state index in [4.69, 9.17) is 10.2 Å². The summed E-state index contributed by atoms with van der Waals surface area (Å²) in [6.07, 6.45) is -1.28. The van der Waals surface area contributed by atoms with Crippen LogP contribution in [0.15, 0.2) is 24.3 Å². The van der Waals surface area contributed by atoms with Gasteiger partial charge in [-0.05, 0) is 6.92 Å². The number of aliphatic hydroxyl groups is 1. The first-order valence-electron chi connectivity index (χ1n) is 4.54. The fraction of sp³-hybridized carbons (Fsp3) is 0.182. The first kappa shape index (κ1) is 12.1. The van der Waals surface area contributed by atoms with Gasteiger partial charge in [0.15, 0.2) is 5.78 Å². The lowest BCUT2D eigenvalue weighted by Crippen LogP contribution is -2.22. The Bertz CT molecular complexity index is 447. The maximum Gasteiger partial charge on any atom is 0.377 e. The summed E-state index contributed by atoms with van der Waals surface area (Å²) in [5.41, 5.74) is -0.286. The third-order valence-electron chi connectivity index (χ3n) is 2.01. The van der Waals surface area contributed by atoms with Crippen molar-refractivity contribution in [1.82, 2.24) is 0 Å². The maximum atomic E-state index is 11.5. The molecular formula is C11H10O5. The Hall–Kier alpha value is -2.01. The molecule has 0 radical (unpaired) electrons. The zero-order valence-corrected chi connectivity index (χ0v) is 8.51. The van der Waals surface area contributed by atoms with E-state index in [-0.39, 0.29) is 11.1 Å². The Kier molecular flexibility index (Phi) is 3.52. The minimum absolute atomic E-state index is 0.0788. The van der Waals surface area contributed by atoms with Gasteiger partial charge < -0.3 is 10.2 Å². The predicted molar refractivity (Wildman–Crippen MR) is 54.4 cm³/mol. The molecule has 0 amide bonds. The second-order valence-electron chi connectivity index (χ2n) is 3.22. The maximum absolute atomic E-state index is 11.5. The van der Waals surface area contributed by atoms with Gasteiger partial charge in [-0.15, -0.1) is 0 Å². The molecule has 0 saturated carbocycles. The van der Waals surface area contributed by atoms with E-state index in [1.54, 1.807) is 0 Å². The number of hydrogen-bond donors (Lipinski definition) is 2. The summed E-state index contributed by atoms with van der Waals surface area (Å²) >= 11 is 0. The van der Waals surface area contributed by atoms with Crippen molar-refractivity contribution in [2.45, 2.75) is 13.0 Å². The molecule has 1 unspecified atom stereocenters. The number of carbonyl (C=O) groups excluding carboxylic acids is 2. The van der Waals surface area contributed by atoms with Crippen LogP contribution >= 0.6 is 0 Å². The van der Waals surface area contributed by atoms with Crippen molar-refractivity contribution in [3.05, 3.63) is 35.4 Å². The fourth-order valence-corrected chi connectivity index (χ4v) is 1.24. The number of benzene rings is 1. The van der Waals surface area contributed by atoms with Gasteiger partial charge in [0.1, 0.15) is 6.10 Å². The molecule has 5 heteroatoms. The molecule has 1 aromatic carbocycles. The number of Topliss-reactive ketones (excluding diaryl/α,β-unsaturated/α-hetero) is 2.